The first-order chi connectivity index (χ1) is 14.0. The predicted molar refractivity (Wildman–Crippen MR) is 113 cm³/mol. The molecule has 3 aromatic heterocycles. The Morgan fingerprint density at radius 3 is 2.76 bits per heavy atom. The van der Waals surface area contributed by atoms with Crippen LogP contribution in [0.5, 0.6) is 0 Å². The lowest BCUT2D eigenvalue weighted by Gasteiger charge is -2.03. The number of aromatic nitrogens is 4. The Labute approximate surface area is 169 Å². The molecule has 0 saturated carbocycles. The minimum Gasteiger partial charge on any atom is -0.397 e. The molecule has 0 spiro atoms. The number of carbonyl (C=O) groups excluding carboxylic acids is 1. The zero-order valence-corrected chi connectivity index (χ0v) is 16.0. The summed E-state index contributed by atoms with van der Waals surface area (Å²) in [6.45, 7) is 1.42. The normalized spacial score (nSPS) is 10.7. The van der Waals surface area contributed by atoms with Crippen LogP contribution in [0.4, 0.5) is 17.2 Å². The summed E-state index contributed by atoms with van der Waals surface area (Å²) in [4.78, 5) is 39.5. The van der Waals surface area contributed by atoms with E-state index >= 15 is 0 Å². The van der Waals surface area contributed by atoms with E-state index in [4.69, 9.17) is 10.7 Å². The third-order valence-corrected chi connectivity index (χ3v) is 5.16. The number of amides is 1. The maximum absolute atomic E-state index is 11.3. The molecule has 0 aliphatic carbocycles. The number of nitrogen functional groups attached to an aromatic ring is 1. The number of H-pyrrole nitrogens is 1. The Balaban J connectivity index is 1.85. The number of nitrogens with one attached hydrogen (secondary N) is 2. The van der Waals surface area contributed by atoms with Crippen molar-refractivity contribution < 1.29 is 4.79 Å². The summed E-state index contributed by atoms with van der Waals surface area (Å²) in [5.74, 6) is 0.880. The van der Waals surface area contributed by atoms with Crippen molar-refractivity contribution in [2.24, 2.45) is 5.18 Å². The van der Waals surface area contributed by atoms with E-state index < -0.39 is 0 Å². The molecule has 0 aliphatic rings. The maximum Gasteiger partial charge on any atom is 0.222 e. The number of nitrogens with two attached hydrogens (primary N) is 1. The molecule has 10 heteroatoms. The molecule has 1 amide bonds. The minimum absolute atomic E-state index is 0.152. The first-order valence-electron chi connectivity index (χ1n) is 8.53. The Bertz CT molecular complexity index is 1200. The standard InChI is InChI=1S/C19H15N7O2S/c1-10(27)24-15-9-12(4-5-21-15)19-25-16(17(29-19)18-22-6-7-23-18)11-2-3-13(20)14(8-11)26-28/h2-9H,20H2,1H3,(H,22,23)(H,21,24,27). The molecule has 0 bridgehead atoms. The van der Waals surface area contributed by atoms with Crippen LogP contribution in [0.3, 0.4) is 0 Å². The summed E-state index contributed by atoms with van der Waals surface area (Å²) in [5.41, 5.74) is 8.37. The van der Waals surface area contributed by atoms with Gasteiger partial charge in [0, 0.05) is 36.6 Å². The van der Waals surface area contributed by atoms with Crippen LogP contribution in [0.1, 0.15) is 6.92 Å². The second kappa shape index (κ2) is 7.60. The molecule has 0 fully saturated rings. The van der Waals surface area contributed by atoms with Crippen LogP contribution in [0, 0.1) is 4.91 Å². The van der Waals surface area contributed by atoms with Gasteiger partial charge < -0.3 is 16.0 Å². The molecule has 144 valence electrons. The number of aromatic amines is 1. The first-order valence-corrected chi connectivity index (χ1v) is 9.34. The number of pyridine rings is 1. The predicted octanol–water partition coefficient (Wildman–Crippen LogP) is 4.20. The second-order valence-electron chi connectivity index (χ2n) is 6.11. The fraction of sp³-hybridized carbons (Fsp3) is 0.0526. The Morgan fingerprint density at radius 1 is 1.17 bits per heavy atom. The number of anilines is 2. The van der Waals surface area contributed by atoms with E-state index in [1.54, 1.807) is 48.9 Å². The molecular formula is C19H15N7O2S. The fourth-order valence-electron chi connectivity index (χ4n) is 2.77. The summed E-state index contributed by atoms with van der Waals surface area (Å²) < 4.78 is 0. The molecule has 9 nitrogen and oxygen atoms in total. The Morgan fingerprint density at radius 2 is 2.03 bits per heavy atom. The lowest BCUT2D eigenvalue weighted by Crippen LogP contribution is -2.07. The zero-order valence-electron chi connectivity index (χ0n) is 15.2. The van der Waals surface area contributed by atoms with Gasteiger partial charge in [-0.1, -0.05) is 6.07 Å². The SMILES string of the molecule is CC(=O)Nc1cc(-c2nc(-c3ccc(N)c(N=O)c3)c(-c3ncc[nH]3)s2)ccn1. The molecule has 0 radical (unpaired) electrons. The molecule has 4 aromatic rings. The van der Waals surface area contributed by atoms with Gasteiger partial charge in [-0.05, 0) is 29.4 Å². The molecule has 4 rings (SSSR count). The molecule has 0 unspecified atom stereocenters. The van der Waals surface area contributed by atoms with Gasteiger partial charge in [0.05, 0.1) is 16.3 Å². The van der Waals surface area contributed by atoms with E-state index in [0.717, 1.165) is 10.4 Å². The quantitative estimate of drug-likeness (QED) is 0.336. The van der Waals surface area contributed by atoms with Gasteiger partial charge in [0.1, 0.15) is 22.3 Å². The highest BCUT2D eigenvalue weighted by molar-refractivity contribution is 7.18. The van der Waals surface area contributed by atoms with Crippen molar-refractivity contribution in [3.05, 3.63) is 53.8 Å². The third kappa shape index (κ3) is 3.73. The molecule has 1 aromatic carbocycles. The Kier molecular flexibility index (Phi) is 4.83. The molecule has 0 saturated heterocycles. The van der Waals surface area contributed by atoms with E-state index in [9.17, 15) is 9.70 Å². The van der Waals surface area contributed by atoms with Crippen LogP contribution in [0.2, 0.25) is 0 Å². The van der Waals surface area contributed by atoms with E-state index in [1.165, 1.54) is 18.3 Å². The number of imidazole rings is 1. The van der Waals surface area contributed by atoms with Crippen molar-refractivity contribution in [3.8, 4) is 32.5 Å². The minimum atomic E-state index is -0.207. The van der Waals surface area contributed by atoms with Crippen molar-refractivity contribution in [2.45, 2.75) is 6.92 Å². The number of hydrogen-bond acceptors (Lipinski definition) is 8. The van der Waals surface area contributed by atoms with Crippen LogP contribution in [0.25, 0.3) is 32.5 Å². The average Bonchev–Trinajstić information content (AvgIpc) is 3.38. The first kappa shape index (κ1) is 18.4. The smallest absolute Gasteiger partial charge is 0.222 e. The van der Waals surface area contributed by atoms with Gasteiger partial charge in [-0.2, -0.15) is 0 Å². The molecule has 29 heavy (non-hydrogen) atoms. The lowest BCUT2D eigenvalue weighted by atomic mass is 10.1. The molecule has 0 aliphatic heterocycles. The number of benzene rings is 1. The van der Waals surface area contributed by atoms with E-state index in [0.29, 0.717) is 33.6 Å². The van der Waals surface area contributed by atoms with Gasteiger partial charge in [-0.3, -0.25) is 4.79 Å². The van der Waals surface area contributed by atoms with Crippen molar-refractivity contribution in [3.63, 3.8) is 0 Å². The van der Waals surface area contributed by atoms with Gasteiger partial charge in [0.25, 0.3) is 0 Å². The van der Waals surface area contributed by atoms with Crippen molar-refractivity contribution >= 4 is 34.4 Å². The number of rotatable bonds is 5. The maximum atomic E-state index is 11.3. The topological polar surface area (TPSA) is 139 Å². The summed E-state index contributed by atoms with van der Waals surface area (Å²) in [6.07, 6.45) is 4.98. The zero-order chi connectivity index (χ0) is 20.4. The summed E-state index contributed by atoms with van der Waals surface area (Å²) in [5, 5.41) is 6.35. The summed E-state index contributed by atoms with van der Waals surface area (Å²) in [7, 11) is 0. The second-order valence-corrected chi connectivity index (χ2v) is 7.11. The van der Waals surface area contributed by atoms with Crippen LogP contribution in [-0.2, 0) is 4.79 Å². The molecule has 3 heterocycles. The highest BCUT2D eigenvalue weighted by Gasteiger charge is 2.19. The number of thiazole rings is 1. The van der Waals surface area contributed by atoms with Gasteiger partial charge in [-0.15, -0.1) is 16.2 Å². The number of nitroso groups, excluding NO2 is 1. The number of carbonyl (C=O) groups is 1. The van der Waals surface area contributed by atoms with Gasteiger partial charge >= 0.3 is 0 Å². The van der Waals surface area contributed by atoms with Crippen LogP contribution < -0.4 is 11.1 Å². The van der Waals surface area contributed by atoms with Gasteiger partial charge in [0.15, 0.2) is 0 Å². The van der Waals surface area contributed by atoms with Crippen molar-refractivity contribution in [1.82, 2.24) is 19.9 Å². The Hall–Kier alpha value is -3.92. The molecule has 0 atom stereocenters. The fourth-order valence-corrected chi connectivity index (χ4v) is 3.82. The van der Waals surface area contributed by atoms with E-state index in [1.807, 2.05) is 0 Å². The van der Waals surface area contributed by atoms with Crippen molar-refractivity contribution in [1.29, 1.82) is 0 Å². The lowest BCUT2D eigenvalue weighted by molar-refractivity contribution is -0.114. The number of hydrogen-bond donors (Lipinski definition) is 3. The number of nitrogens with zero attached hydrogens (tertiary/aromatic N) is 4. The van der Waals surface area contributed by atoms with E-state index in [-0.39, 0.29) is 11.6 Å². The highest BCUT2D eigenvalue weighted by atomic mass is 32.1. The van der Waals surface area contributed by atoms with Gasteiger partial charge in [-0.25, -0.2) is 15.0 Å². The monoisotopic (exact) mass is 405 g/mol. The highest BCUT2D eigenvalue weighted by Crippen LogP contribution is 2.41. The van der Waals surface area contributed by atoms with Crippen LogP contribution in [-0.4, -0.2) is 25.8 Å². The van der Waals surface area contributed by atoms with Crippen molar-refractivity contribution in [2.75, 3.05) is 11.1 Å². The summed E-state index contributed by atoms with van der Waals surface area (Å²) in [6, 6.07) is 8.56. The molecular weight excluding hydrogens is 390 g/mol. The van der Waals surface area contributed by atoms with Gasteiger partial charge in [0.2, 0.25) is 5.91 Å². The van der Waals surface area contributed by atoms with Crippen LogP contribution >= 0.6 is 11.3 Å². The molecule has 4 N–H and O–H groups in total. The summed E-state index contributed by atoms with van der Waals surface area (Å²) >= 11 is 1.43. The van der Waals surface area contributed by atoms with E-state index in [2.05, 4.69) is 25.4 Å². The largest absolute Gasteiger partial charge is 0.397 e. The average molecular weight is 405 g/mol. The third-order valence-electron chi connectivity index (χ3n) is 4.05. The van der Waals surface area contributed by atoms with Crippen LogP contribution in [0.15, 0.2) is 54.1 Å².